The summed E-state index contributed by atoms with van der Waals surface area (Å²) in [5.74, 6) is 0.964. The second kappa shape index (κ2) is 7.15. The van der Waals surface area contributed by atoms with E-state index in [-0.39, 0.29) is 0 Å². The molecule has 0 spiro atoms. The van der Waals surface area contributed by atoms with E-state index in [1.54, 1.807) is 0 Å². The highest BCUT2D eigenvalue weighted by atomic mass is 15.2. The lowest BCUT2D eigenvalue weighted by atomic mass is 10.1. The zero-order valence-corrected chi connectivity index (χ0v) is 11.4. The molecule has 0 aliphatic carbocycles. The number of hydrogen-bond acceptors (Lipinski definition) is 2. The summed E-state index contributed by atoms with van der Waals surface area (Å²) in [4.78, 5) is 4.50. The summed E-state index contributed by atoms with van der Waals surface area (Å²) in [5.41, 5.74) is 1.07. The van der Waals surface area contributed by atoms with E-state index in [1.807, 2.05) is 13.0 Å². The van der Waals surface area contributed by atoms with Gasteiger partial charge in [-0.25, -0.2) is 4.98 Å². The van der Waals surface area contributed by atoms with Crippen LogP contribution in [0.5, 0.6) is 0 Å². The fourth-order valence-electron chi connectivity index (χ4n) is 1.98. The van der Waals surface area contributed by atoms with Crippen molar-refractivity contribution in [2.75, 3.05) is 11.9 Å². The number of rotatable bonds is 8. The molecule has 3 nitrogen and oxygen atoms in total. The van der Waals surface area contributed by atoms with E-state index in [0.717, 1.165) is 18.2 Å². The van der Waals surface area contributed by atoms with Crippen molar-refractivity contribution >= 4 is 5.95 Å². The summed E-state index contributed by atoms with van der Waals surface area (Å²) in [6.07, 6.45) is 9.07. The summed E-state index contributed by atoms with van der Waals surface area (Å²) in [5, 5.41) is 3.29. The first-order valence-corrected chi connectivity index (χ1v) is 6.59. The molecule has 0 aliphatic heterocycles. The molecule has 0 saturated carbocycles. The third kappa shape index (κ3) is 4.25. The molecule has 0 aromatic carbocycles. The average Bonchev–Trinajstić information content (AvgIpc) is 2.68. The van der Waals surface area contributed by atoms with E-state index in [0.29, 0.717) is 6.04 Å². The van der Waals surface area contributed by atoms with E-state index < -0.39 is 0 Å². The van der Waals surface area contributed by atoms with Gasteiger partial charge >= 0.3 is 0 Å². The fraction of sp³-hybridized carbons (Fsp3) is 0.643. The lowest BCUT2D eigenvalue weighted by Gasteiger charge is -2.16. The molecule has 3 heteroatoms. The second-order valence-electron chi connectivity index (χ2n) is 4.63. The Labute approximate surface area is 105 Å². The summed E-state index contributed by atoms with van der Waals surface area (Å²) in [7, 11) is 0. The number of nitrogens with one attached hydrogen (secondary N) is 1. The van der Waals surface area contributed by atoms with Gasteiger partial charge < -0.3 is 9.88 Å². The normalized spacial score (nSPS) is 12.4. The molecule has 96 valence electrons. The maximum absolute atomic E-state index is 4.50. The second-order valence-corrected chi connectivity index (χ2v) is 4.63. The quantitative estimate of drug-likeness (QED) is 0.546. The molecule has 1 rings (SSSR count). The van der Waals surface area contributed by atoms with Crippen molar-refractivity contribution in [1.82, 2.24) is 9.55 Å². The standard InChI is InChI=1S/C14H25N3/c1-5-7-8-9-13(4)17-11-12(3)16-14(17)15-10-6-2/h6,11,13H,2,5,7-10H2,1,3-4H3,(H,15,16). The number of aromatic nitrogens is 2. The van der Waals surface area contributed by atoms with Crippen molar-refractivity contribution < 1.29 is 0 Å². The molecule has 1 aromatic heterocycles. The Morgan fingerprint density at radius 1 is 1.53 bits per heavy atom. The molecule has 0 bridgehead atoms. The lowest BCUT2D eigenvalue weighted by Crippen LogP contribution is -2.10. The molecule has 0 radical (unpaired) electrons. The number of hydrogen-bond donors (Lipinski definition) is 1. The number of aryl methyl sites for hydroxylation is 1. The minimum Gasteiger partial charge on any atom is -0.352 e. The highest BCUT2D eigenvalue weighted by molar-refractivity contribution is 5.30. The molecule has 1 heterocycles. The van der Waals surface area contributed by atoms with Crippen LogP contribution < -0.4 is 5.32 Å². The van der Waals surface area contributed by atoms with Crippen molar-refractivity contribution in [3.63, 3.8) is 0 Å². The number of imidazole rings is 1. The smallest absolute Gasteiger partial charge is 0.203 e. The zero-order valence-electron chi connectivity index (χ0n) is 11.4. The summed E-state index contributed by atoms with van der Waals surface area (Å²) in [6.45, 7) is 11.0. The van der Waals surface area contributed by atoms with Crippen molar-refractivity contribution in [2.24, 2.45) is 0 Å². The highest BCUT2D eigenvalue weighted by Gasteiger charge is 2.10. The predicted octanol–water partition coefficient (Wildman–Crippen LogP) is 3.93. The average molecular weight is 235 g/mol. The van der Waals surface area contributed by atoms with Crippen molar-refractivity contribution in [2.45, 2.75) is 52.5 Å². The van der Waals surface area contributed by atoms with E-state index in [1.165, 1.54) is 25.7 Å². The van der Waals surface area contributed by atoms with Crippen molar-refractivity contribution in [3.05, 3.63) is 24.5 Å². The molecular weight excluding hydrogens is 210 g/mol. The molecular formula is C14H25N3. The van der Waals surface area contributed by atoms with E-state index in [4.69, 9.17) is 0 Å². The van der Waals surface area contributed by atoms with Crippen LogP contribution in [0.2, 0.25) is 0 Å². The van der Waals surface area contributed by atoms with Crippen LogP contribution in [0.4, 0.5) is 5.95 Å². The topological polar surface area (TPSA) is 29.9 Å². The lowest BCUT2D eigenvalue weighted by molar-refractivity contribution is 0.481. The Hall–Kier alpha value is -1.25. The Morgan fingerprint density at radius 3 is 2.94 bits per heavy atom. The van der Waals surface area contributed by atoms with Crippen LogP contribution in [0.25, 0.3) is 0 Å². The van der Waals surface area contributed by atoms with E-state index in [2.05, 4.69) is 41.5 Å². The maximum Gasteiger partial charge on any atom is 0.203 e. The van der Waals surface area contributed by atoms with Crippen molar-refractivity contribution in [1.29, 1.82) is 0 Å². The molecule has 1 unspecified atom stereocenters. The summed E-state index contributed by atoms with van der Waals surface area (Å²) < 4.78 is 2.24. The minimum absolute atomic E-state index is 0.509. The first kappa shape index (κ1) is 13.8. The minimum atomic E-state index is 0.509. The molecule has 1 aromatic rings. The van der Waals surface area contributed by atoms with E-state index in [9.17, 15) is 0 Å². The Balaban J connectivity index is 2.63. The van der Waals surface area contributed by atoms with Gasteiger partial charge in [0.2, 0.25) is 5.95 Å². The molecule has 0 fully saturated rings. The van der Waals surface area contributed by atoms with Crippen LogP contribution >= 0.6 is 0 Å². The largest absolute Gasteiger partial charge is 0.352 e. The molecule has 1 N–H and O–H groups in total. The van der Waals surface area contributed by atoms with Crippen LogP contribution in [0.3, 0.4) is 0 Å². The van der Waals surface area contributed by atoms with Gasteiger partial charge in [0, 0.05) is 18.8 Å². The van der Waals surface area contributed by atoms with Gasteiger partial charge in [0.25, 0.3) is 0 Å². The third-order valence-corrected chi connectivity index (χ3v) is 2.96. The fourth-order valence-corrected chi connectivity index (χ4v) is 1.98. The Morgan fingerprint density at radius 2 is 2.29 bits per heavy atom. The van der Waals surface area contributed by atoms with Crippen LogP contribution in [0.15, 0.2) is 18.9 Å². The van der Waals surface area contributed by atoms with Crippen LogP contribution in [-0.4, -0.2) is 16.1 Å². The van der Waals surface area contributed by atoms with Gasteiger partial charge in [0.1, 0.15) is 0 Å². The Kier molecular flexibility index (Phi) is 5.81. The molecule has 1 atom stereocenters. The summed E-state index contributed by atoms with van der Waals surface area (Å²) in [6, 6.07) is 0.509. The number of nitrogens with zero attached hydrogens (tertiary/aromatic N) is 2. The van der Waals surface area contributed by atoms with Gasteiger partial charge in [-0.15, -0.1) is 6.58 Å². The summed E-state index contributed by atoms with van der Waals surface area (Å²) >= 11 is 0. The first-order chi connectivity index (χ1) is 8.19. The van der Waals surface area contributed by atoms with E-state index >= 15 is 0 Å². The molecule has 0 aliphatic rings. The maximum atomic E-state index is 4.50. The SMILES string of the molecule is C=CCNc1nc(C)cn1C(C)CCCCC. The van der Waals surface area contributed by atoms with Gasteiger partial charge in [-0.2, -0.15) is 0 Å². The third-order valence-electron chi connectivity index (χ3n) is 2.96. The monoisotopic (exact) mass is 235 g/mol. The van der Waals surface area contributed by atoms with Crippen LogP contribution in [0.1, 0.15) is 51.3 Å². The number of unbranched alkanes of at least 4 members (excludes halogenated alkanes) is 2. The molecule has 0 saturated heterocycles. The Bertz CT molecular complexity index is 341. The van der Waals surface area contributed by atoms with Gasteiger partial charge in [-0.05, 0) is 20.3 Å². The highest BCUT2D eigenvalue weighted by Crippen LogP contribution is 2.20. The number of anilines is 1. The molecule has 17 heavy (non-hydrogen) atoms. The van der Waals surface area contributed by atoms with Gasteiger partial charge in [-0.1, -0.05) is 32.3 Å². The van der Waals surface area contributed by atoms with Gasteiger partial charge in [-0.3, -0.25) is 0 Å². The molecule has 0 amide bonds. The predicted molar refractivity (Wildman–Crippen MR) is 74.5 cm³/mol. The van der Waals surface area contributed by atoms with Crippen molar-refractivity contribution in [3.8, 4) is 0 Å². The van der Waals surface area contributed by atoms with Crippen LogP contribution in [-0.2, 0) is 0 Å². The zero-order chi connectivity index (χ0) is 12.7. The van der Waals surface area contributed by atoms with Gasteiger partial charge in [0.05, 0.1) is 5.69 Å². The van der Waals surface area contributed by atoms with Gasteiger partial charge in [0.15, 0.2) is 0 Å². The first-order valence-electron chi connectivity index (χ1n) is 6.59. The van der Waals surface area contributed by atoms with Crippen LogP contribution in [0, 0.1) is 6.92 Å².